The molecule has 0 amide bonds. The summed E-state index contributed by atoms with van der Waals surface area (Å²) in [6.07, 6.45) is 0.536. The lowest BCUT2D eigenvalue weighted by atomic mass is 10.2. The maximum atomic E-state index is 12.7. The fraction of sp³-hybridized carbons (Fsp3) is 0.250. The summed E-state index contributed by atoms with van der Waals surface area (Å²) in [4.78, 5) is 15.3. The maximum absolute atomic E-state index is 12.7. The molecule has 0 spiro atoms. The Hall–Kier alpha value is -3.17. The minimum atomic E-state index is -4.37. The number of nitrogens with zero attached hydrogens (tertiary/aromatic N) is 5. The first-order valence-electron chi connectivity index (χ1n) is 7.82. The van der Waals surface area contributed by atoms with Crippen LogP contribution >= 0.6 is 0 Å². The summed E-state index contributed by atoms with van der Waals surface area (Å²) in [6, 6.07) is 1.92. The van der Waals surface area contributed by atoms with Crippen LogP contribution in [0.4, 0.5) is 19.1 Å². The fourth-order valence-corrected chi connectivity index (χ4v) is 2.60. The second-order valence-corrected chi connectivity index (χ2v) is 5.95. The zero-order valence-corrected chi connectivity index (χ0v) is 13.8. The van der Waals surface area contributed by atoms with Crippen LogP contribution in [-0.4, -0.2) is 41.8 Å². The van der Waals surface area contributed by atoms with E-state index >= 15 is 0 Å². The first-order chi connectivity index (χ1) is 12.3. The monoisotopic (exact) mass is 361 g/mol. The SMILES string of the molecule is Cc1cnc2ccc(-c3c[nH]c4nc(N[C@H](C)C(F)(F)F)ncc34)nn12. The number of fused-ring (bicyclic) bond motifs is 2. The molecule has 4 rings (SSSR count). The summed E-state index contributed by atoms with van der Waals surface area (Å²) >= 11 is 0. The second kappa shape index (κ2) is 5.68. The number of alkyl halides is 3. The molecule has 0 radical (unpaired) electrons. The Morgan fingerprint density at radius 2 is 2.00 bits per heavy atom. The number of aromatic nitrogens is 6. The molecule has 2 N–H and O–H groups in total. The largest absolute Gasteiger partial charge is 0.408 e. The molecule has 7 nitrogen and oxygen atoms in total. The van der Waals surface area contributed by atoms with Crippen molar-refractivity contribution in [1.29, 1.82) is 0 Å². The number of hydrogen-bond acceptors (Lipinski definition) is 5. The molecule has 4 aromatic heterocycles. The average Bonchev–Trinajstić information content (AvgIpc) is 3.17. The number of rotatable bonds is 3. The molecule has 0 saturated heterocycles. The molecule has 0 aliphatic carbocycles. The third kappa shape index (κ3) is 2.72. The van der Waals surface area contributed by atoms with Crippen LogP contribution in [0.2, 0.25) is 0 Å². The summed E-state index contributed by atoms with van der Waals surface area (Å²) in [6.45, 7) is 2.91. The molecule has 0 aromatic carbocycles. The van der Waals surface area contributed by atoms with E-state index in [1.807, 2.05) is 19.1 Å². The Kier molecular flexibility index (Phi) is 3.56. The molecular weight excluding hydrogens is 347 g/mol. The van der Waals surface area contributed by atoms with E-state index in [9.17, 15) is 13.2 Å². The highest BCUT2D eigenvalue weighted by molar-refractivity contribution is 5.92. The van der Waals surface area contributed by atoms with Crippen molar-refractivity contribution in [2.45, 2.75) is 26.1 Å². The van der Waals surface area contributed by atoms with Crippen molar-refractivity contribution in [3.05, 3.63) is 36.4 Å². The van der Waals surface area contributed by atoms with Crippen LogP contribution in [0, 0.1) is 6.92 Å². The van der Waals surface area contributed by atoms with Crippen molar-refractivity contribution >= 4 is 22.6 Å². The minimum absolute atomic E-state index is 0.0930. The summed E-state index contributed by atoms with van der Waals surface area (Å²) in [5.41, 5.74) is 3.49. The number of aromatic amines is 1. The van der Waals surface area contributed by atoms with Gasteiger partial charge in [-0.15, -0.1) is 0 Å². The molecule has 0 bridgehead atoms. The lowest BCUT2D eigenvalue weighted by Gasteiger charge is -2.16. The molecule has 0 aliphatic heterocycles. The van der Waals surface area contributed by atoms with Crippen molar-refractivity contribution in [3.63, 3.8) is 0 Å². The molecular formula is C16H14F3N7. The molecule has 134 valence electrons. The molecule has 0 fully saturated rings. The van der Waals surface area contributed by atoms with Gasteiger partial charge in [-0.2, -0.15) is 23.3 Å². The van der Waals surface area contributed by atoms with Crippen molar-refractivity contribution in [2.24, 2.45) is 0 Å². The van der Waals surface area contributed by atoms with Crippen molar-refractivity contribution in [3.8, 4) is 11.3 Å². The van der Waals surface area contributed by atoms with E-state index in [1.54, 1.807) is 16.9 Å². The van der Waals surface area contributed by atoms with Crippen molar-refractivity contribution in [2.75, 3.05) is 5.32 Å². The molecule has 0 unspecified atom stereocenters. The first-order valence-corrected chi connectivity index (χ1v) is 7.82. The highest BCUT2D eigenvalue weighted by atomic mass is 19.4. The second-order valence-electron chi connectivity index (χ2n) is 5.95. The van der Waals surface area contributed by atoms with Crippen LogP contribution in [0.25, 0.3) is 27.9 Å². The summed E-state index contributed by atoms with van der Waals surface area (Å²) in [5.74, 6) is -0.0930. The third-order valence-corrected chi connectivity index (χ3v) is 4.08. The van der Waals surface area contributed by atoms with Gasteiger partial charge in [-0.25, -0.2) is 14.5 Å². The zero-order chi connectivity index (χ0) is 18.5. The quantitative estimate of drug-likeness (QED) is 0.585. The third-order valence-electron chi connectivity index (χ3n) is 4.08. The van der Waals surface area contributed by atoms with E-state index < -0.39 is 12.2 Å². The van der Waals surface area contributed by atoms with Gasteiger partial charge in [-0.1, -0.05) is 0 Å². The maximum Gasteiger partial charge on any atom is 0.408 e. The first kappa shape index (κ1) is 16.3. The van der Waals surface area contributed by atoms with Gasteiger partial charge in [-0.05, 0) is 26.0 Å². The van der Waals surface area contributed by atoms with Gasteiger partial charge in [0.25, 0.3) is 0 Å². The van der Waals surface area contributed by atoms with Crippen molar-refractivity contribution in [1.82, 2.24) is 29.5 Å². The number of anilines is 1. The average molecular weight is 361 g/mol. The number of nitrogens with one attached hydrogen (secondary N) is 2. The molecule has 4 aromatic rings. The zero-order valence-electron chi connectivity index (χ0n) is 13.8. The number of hydrogen-bond donors (Lipinski definition) is 2. The predicted molar refractivity (Wildman–Crippen MR) is 89.7 cm³/mol. The van der Waals surface area contributed by atoms with E-state index in [0.717, 1.165) is 23.8 Å². The van der Waals surface area contributed by atoms with E-state index in [0.29, 0.717) is 16.7 Å². The van der Waals surface area contributed by atoms with Gasteiger partial charge in [0.1, 0.15) is 11.7 Å². The van der Waals surface area contributed by atoms with Gasteiger partial charge in [0.15, 0.2) is 5.65 Å². The fourth-order valence-electron chi connectivity index (χ4n) is 2.60. The van der Waals surface area contributed by atoms with Crippen molar-refractivity contribution < 1.29 is 13.2 Å². The number of H-pyrrole nitrogens is 1. The molecule has 26 heavy (non-hydrogen) atoms. The topological polar surface area (TPSA) is 83.8 Å². The molecule has 10 heteroatoms. The number of halogens is 3. The normalized spacial score (nSPS) is 13.4. The lowest BCUT2D eigenvalue weighted by Crippen LogP contribution is -2.33. The molecule has 0 saturated carbocycles. The van der Waals surface area contributed by atoms with E-state index in [1.165, 1.54) is 6.20 Å². The van der Waals surface area contributed by atoms with Crippen LogP contribution in [0.15, 0.2) is 30.7 Å². The Morgan fingerprint density at radius 1 is 1.19 bits per heavy atom. The van der Waals surface area contributed by atoms with E-state index in [2.05, 4.69) is 30.4 Å². The minimum Gasteiger partial charge on any atom is -0.345 e. The van der Waals surface area contributed by atoms with Gasteiger partial charge >= 0.3 is 6.18 Å². The Bertz CT molecular complexity index is 1100. The number of imidazole rings is 1. The molecule has 4 heterocycles. The van der Waals surface area contributed by atoms with Crippen LogP contribution in [0.1, 0.15) is 12.6 Å². The van der Waals surface area contributed by atoms with Gasteiger partial charge in [0.05, 0.1) is 17.6 Å². The van der Waals surface area contributed by atoms with Gasteiger partial charge in [-0.3, -0.25) is 0 Å². The lowest BCUT2D eigenvalue weighted by molar-refractivity contribution is -0.138. The Balaban J connectivity index is 1.71. The van der Waals surface area contributed by atoms with E-state index in [4.69, 9.17) is 0 Å². The van der Waals surface area contributed by atoms with Gasteiger partial charge < -0.3 is 10.3 Å². The Morgan fingerprint density at radius 3 is 2.77 bits per heavy atom. The van der Waals surface area contributed by atoms with Crippen LogP contribution in [0.5, 0.6) is 0 Å². The van der Waals surface area contributed by atoms with E-state index in [-0.39, 0.29) is 5.95 Å². The molecule has 1 atom stereocenters. The smallest absolute Gasteiger partial charge is 0.345 e. The summed E-state index contributed by atoms with van der Waals surface area (Å²) in [5, 5.41) is 7.47. The predicted octanol–water partition coefficient (Wildman–Crippen LogP) is 3.34. The summed E-state index contributed by atoms with van der Waals surface area (Å²) < 4.78 is 39.7. The van der Waals surface area contributed by atoms with Crippen LogP contribution in [0.3, 0.4) is 0 Å². The highest BCUT2D eigenvalue weighted by Crippen LogP contribution is 2.27. The highest BCUT2D eigenvalue weighted by Gasteiger charge is 2.36. The Labute approximate surface area is 145 Å². The number of aryl methyl sites for hydroxylation is 1. The molecule has 0 aliphatic rings. The van der Waals surface area contributed by atoms with Gasteiger partial charge in [0, 0.05) is 23.3 Å². The van der Waals surface area contributed by atoms with Crippen LogP contribution in [-0.2, 0) is 0 Å². The standard InChI is InChI=1S/C16H14F3N7/c1-8-5-20-13-4-3-12(25-26(8)13)10-6-21-14-11(10)7-22-15(24-14)23-9(2)16(17,18)19/h3-7,9H,1-2H3,(H2,21,22,23,24)/t9-/m1/s1. The van der Waals surface area contributed by atoms with Crippen LogP contribution < -0.4 is 5.32 Å². The summed E-state index contributed by atoms with van der Waals surface area (Å²) in [7, 11) is 0. The van der Waals surface area contributed by atoms with Gasteiger partial charge in [0.2, 0.25) is 5.95 Å².